The molecular formula is C16H19N3S. The van der Waals surface area contributed by atoms with Crippen molar-refractivity contribution in [2.45, 2.75) is 33.4 Å². The summed E-state index contributed by atoms with van der Waals surface area (Å²) in [5.41, 5.74) is 6.72. The van der Waals surface area contributed by atoms with Gasteiger partial charge in [-0.3, -0.25) is 4.90 Å². The summed E-state index contributed by atoms with van der Waals surface area (Å²) in [6.45, 7) is 7.40. The van der Waals surface area contributed by atoms with E-state index < -0.39 is 0 Å². The van der Waals surface area contributed by atoms with E-state index in [0.29, 0.717) is 4.77 Å². The first-order chi connectivity index (χ1) is 9.63. The van der Waals surface area contributed by atoms with Crippen molar-refractivity contribution in [1.29, 1.82) is 0 Å². The van der Waals surface area contributed by atoms with Gasteiger partial charge in [-0.15, -0.1) is 0 Å². The van der Waals surface area contributed by atoms with Crippen molar-refractivity contribution in [2.24, 2.45) is 0 Å². The molecule has 0 saturated heterocycles. The average Bonchev–Trinajstić information content (AvgIpc) is 2.44. The zero-order valence-corrected chi connectivity index (χ0v) is 12.8. The van der Waals surface area contributed by atoms with Gasteiger partial charge in [0.1, 0.15) is 0 Å². The Morgan fingerprint density at radius 3 is 3.05 bits per heavy atom. The molecule has 3 nitrogen and oxygen atoms in total. The molecule has 3 rings (SSSR count). The third kappa shape index (κ3) is 2.67. The van der Waals surface area contributed by atoms with Gasteiger partial charge in [0.2, 0.25) is 0 Å². The molecule has 2 aromatic rings. The zero-order valence-electron chi connectivity index (χ0n) is 11.9. The first-order valence-electron chi connectivity index (χ1n) is 6.98. The molecular weight excluding hydrogens is 266 g/mol. The lowest BCUT2D eigenvalue weighted by molar-refractivity contribution is 0.242. The van der Waals surface area contributed by atoms with E-state index in [1.807, 2.05) is 6.20 Å². The summed E-state index contributed by atoms with van der Waals surface area (Å²) in [5.74, 6) is 0. The highest BCUT2D eigenvalue weighted by Crippen LogP contribution is 2.20. The van der Waals surface area contributed by atoms with Gasteiger partial charge in [0.25, 0.3) is 0 Å². The molecule has 0 aliphatic carbocycles. The molecule has 1 N–H and O–H groups in total. The van der Waals surface area contributed by atoms with E-state index in [1.165, 1.54) is 27.9 Å². The van der Waals surface area contributed by atoms with Crippen molar-refractivity contribution in [3.8, 4) is 0 Å². The van der Waals surface area contributed by atoms with E-state index in [0.717, 1.165) is 26.1 Å². The van der Waals surface area contributed by atoms with Crippen LogP contribution in [-0.4, -0.2) is 21.4 Å². The van der Waals surface area contributed by atoms with E-state index in [4.69, 9.17) is 12.2 Å². The van der Waals surface area contributed by atoms with Gasteiger partial charge in [-0.25, -0.2) is 4.98 Å². The van der Waals surface area contributed by atoms with Gasteiger partial charge >= 0.3 is 0 Å². The SMILES string of the molecule is Cc1cccc(CN2CCc3[nH]c(=S)ncc3C2)c1C. The monoisotopic (exact) mass is 285 g/mol. The van der Waals surface area contributed by atoms with Crippen LogP contribution in [0.4, 0.5) is 0 Å². The summed E-state index contributed by atoms with van der Waals surface area (Å²) in [7, 11) is 0. The van der Waals surface area contributed by atoms with Crippen LogP contribution >= 0.6 is 12.2 Å². The van der Waals surface area contributed by atoms with Gasteiger partial charge < -0.3 is 4.98 Å². The van der Waals surface area contributed by atoms with E-state index in [2.05, 4.69) is 46.9 Å². The highest BCUT2D eigenvalue weighted by atomic mass is 32.1. The van der Waals surface area contributed by atoms with Gasteiger partial charge in [-0.2, -0.15) is 0 Å². The molecule has 0 unspecified atom stereocenters. The molecule has 20 heavy (non-hydrogen) atoms. The van der Waals surface area contributed by atoms with Crippen molar-refractivity contribution in [2.75, 3.05) is 6.54 Å². The van der Waals surface area contributed by atoms with Crippen LogP contribution in [0.2, 0.25) is 0 Å². The number of fused-ring (bicyclic) bond motifs is 1. The van der Waals surface area contributed by atoms with Crippen LogP contribution in [0, 0.1) is 18.6 Å². The topological polar surface area (TPSA) is 31.9 Å². The Bertz CT molecular complexity index is 690. The average molecular weight is 285 g/mol. The van der Waals surface area contributed by atoms with Crippen molar-refractivity contribution >= 4 is 12.2 Å². The fourth-order valence-electron chi connectivity index (χ4n) is 2.76. The molecule has 0 amide bonds. The highest BCUT2D eigenvalue weighted by Gasteiger charge is 2.17. The van der Waals surface area contributed by atoms with Gasteiger partial charge in [0, 0.05) is 43.5 Å². The maximum absolute atomic E-state index is 5.08. The molecule has 1 aromatic heterocycles. The summed E-state index contributed by atoms with van der Waals surface area (Å²) in [6, 6.07) is 6.55. The second-order valence-corrected chi connectivity index (χ2v) is 5.90. The summed E-state index contributed by atoms with van der Waals surface area (Å²) in [6.07, 6.45) is 2.94. The Morgan fingerprint density at radius 2 is 2.20 bits per heavy atom. The third-order valence-corrected chi connectivity index (χ3v) is 4.37. The third-order valence-electron chi connectivity index (χ3n) is 4.17. The quantitative estimate of drug-likeness (QED) is 0.859. The number of rotatable bonds is 2. The second kappa shape index (κ2) is 5.46. The van der Waals surface area contributed by atoms with E-state index in [1.54, 1.807) is 0 Å². The predicted molar refractivity (Wildman–Crippen MR) is 83.2 cm³/mol. The van der Waals surface area contributed by atoms with Crippen LogP contribution < -0.4 is 0 Å². The Morgan fingerprint density at radius 1 is 1.35 bits per heavy atom. The number of aromatic nitrogens is 2. The molecule has 0 radical (unpaired) electrons. The standard InChI is InChI=1S/C16H19N3S/c1-11-4-3-5-13(12(11)2)9-19-7-6-15-14(10-19)8-17-16(20)18-15/h3-5,8H,6-7,9-10H2,1-2H3,(H,17,18,20). The van der Waals surface area contributed by atoms with E-state index in [9.17, 15) is 0 Å². The van der Waals surface area contributed by atoms with Crippen LogP contribution in [0.1, 0.15) is 27.9 Å². The fraction of sp³-hybridized carbons (Fsp3) is 0.375. The number of nitrogens with one attached hydrogen (secondary N) is 1. The highest BCUT2D eigenvalue weighted by molar-refractivity contribution is 7.71. The number of hydrogen-bond donors (Lipinski definition) is 1. The number of aromatic amines is 1. The smallest absolute Gasteiger partial charge is 0.196 e. The van der Waals surface area contributed by atoms with Gasteiger partial charge in [0.05, 0.1) is 0 Å². The van der Waals surface area contributed by atoms with Crippen molar-refractivity contribution in [3.63, 3.8) is 0 Å². The Balaban J connectivity index is 1.79. The molecule has 4 heteroatoms. The molecule has 1 aliphatic heterocycles. The van der Waals surface area contributed by atoms with Crippen LogP contribution in [0.15, 0.2) is 24.4 Å². The Hall–Kier alpha value is -1.52. The lowest BCUT2D eigenvalue weighted by atomic mass is 10.0. The van der Waals surface area contributed by atoms with Gasteiger partial charge in [-0.05, 0) is 42.8 Å². The first kappa shape index (κ1) is 13.5. The summed E-state index contributed by atoms with van der Waals surface area (Å²) >= 11 is 5.08. The maximum atomic E-state index is 5.08. The van der Waals surface area contributed by atoms with Gasteiger partial charge in [-0.1, -0.05) is 18.2 Å². The molecule has 0 atom stereocenters. The lowest BCUT2D eigenvalue weighted by Crippen LogP contribution is -2.31. The van der Waals surface area contributed by atoms with Gasteiger partial charge in [0.15, 0.2) is 4.77 Å². The molecule has 1 aromatic carbocycles. The van der Waals surface area contributed by atoms with Crippen LogP contribution in [0.5, 0.6) is 0 Å². The van der Waals surface area contributed by atoms with Crippen LogP contribution in [-0.2, 0) is 19.5 Å². The van der Waals surface area contributed by atoms with E-state index >= 15 is 0 Å². The summed E-state index contributed by atoms with van der Waals surface area (Å²) in [4.78, 5) is 9.88. The van der Waals surface area contributed by atoms with Crippen molar-refractivity contribution in [3.05, 3.63) is 57.1 Å². The zero-order chi connectivity index (χ0) is 14.1. The van der Waals surface area contributed by atoms with E-state index in [-0.39, 0.29) is 0 Å². The lowest BCUT2D eigenvalue weighted by Gasteiger charge is -2.28. The predicted octanol–water partition coefficient (Wildman–Crippen LogP) is 3.31. The van der Waals surface area contributed by atoms with Crippen LogP contribution in [0.3, 0.4) is 0 Å². The number of benzene rings is 1. The van der Waals surface area contributed by atoms with Crippen molar-refractivity contribution in [1.82, 2.24) is 14.9 Å². The minimum Gasteiger partial charge on any atom is -0.334 e. The maximum Gasteiger partial charge on any atom is 0.196 e. The molecule has 0 fully saturated rings. The summed E-state index contributed by atoms with van der Waals surface area (Å²) < 4.78 is 0.590. The van der Waals surface area contributed by atoms with Crippen LogP contribution in [0.25, 0.3) is 0 Å². The fourth-order valence-corrected chi connectivity index (χ4v) is 2.94. The minimum absolute atomic E-state index is 0.590. The molecule has 0 saturated carbocycles. The minimum atomic E-state index is 0.590. The largest absolute Gasteiger partial charge is 0.334 e. The number of nitrogens with zero attached hydrogens (tertiary/aromatic N) is 2. The first-order valence-corrected chi connectivity index (χ1v) is 7.39. The Kier molecular flexibility index (Phi) is 3.68. The molecule has 2 heterocycles. The normalized spacial score (nSPS) is 15.1. The number of hydrogen-bond acceptors (Lipinski definition) is 3. The van der Waals surface area contributed by atoms with Crippen molar-refractivity contribution < 1.29 is 0 Å². The molecule has 104 valence electrons. The Labute approximate surface area is 124 Å². The molecule has 1 aliphatic rings. The summed E-state index contributed by atoms with van der Waals surface area (Å²) in [5, 5.41) is 0. The molecule has 0 spiro atoms. The number of aryl methyl sites for hydroxylation is 1. The number of H-pyrrole nitrogens is 1. The molecule has 0 bridgehead atoms. The second-order valence-electron chi connectivity index (χ2n) is 5.51.